The number of hydrogen-bond donors (Lipinski definition) is 1. The lowest BCUT2D eigenvalue weighted by Crippen LogP contribution is -2.18. The molecule has 80 valence electrons. The van der Waals surface area contributed by atoms with Crippen LogP contribution in [-0.2, 0) is 0 Å². The zero-order valence-corrected chi connectivity index (χ0v) is 9.55. The van der Waals surface area contributed by atoms with Gasteiger partial charge in [-0.15, -0.1) is 10.2 Å². The number of aliphatic hydroxyl groups is 1. The zero-order chi connectivity index (χ0) is 10.4. The first-order chi connectivity index (χ1) is 6.74. The SMILES string of the molecule is Cc1nnc(N(C)CCCCCO)s1. The highest BCUT2D eigenvalue weighted by Gasteiger charge is 2.05. The van der Waals surface area contributed by atoms with Gasteiger partial charge in [-0.05, 0) is 26.2 Å². The second-order valence-electron chi connectivity index (χ2n) is 3.31. The molecule has 0 aliphatic carbocycles. The summed E-state index contributed by atoms with van der Waals surface area (Å²) in [6.45, 7) is 3.23. The van der Waals surface area contributed by atoms with Crippen molar-refractivity contribution in [3.05, 3.63) is 5.01 Å². The molecule has 1 aromatic rings. The van der Waals surface area contributed by atoms with E-state index in [4.69, 9.17) is 5.11 Å². The molecule has 0 fully saturated rings. The minimum absolute atomic E-state index is 0.293. The lowest BCUT2D eigenvalue weighted by molar-refractivity contribution is 0.283. The minimum Gasteiger partial charge on any atom is -0.396 e. The predicted octanol–water partition coefficient (Wildman–Crippen LogP) is 1.45. The molecular weight excluding hydrogens is 198 g/mol. The molecule has 1 heterocycles. The number of aryl methyl sites for hydroxylation is 1. The molecule has 0 saturated heterocycles. The monoisotopic (exact) mass is 215 g/mol. The van der Waals surface area contributed by atoms with E-state index in [2.05, 4.69) is 15.1 Å². The Morgan fingerprint density at radius 1 is 1.29 bits per heavy atom. The summed E-state index contributed by atoms with van der Waals surface area (Å²) in [5.41, 5.74) is 0. The molecule has 14 heavy (non-hydrogen) atoms. The summed E-state index contributed by atoms with van der Waals surface area (Å²) < 4.78 is 0. The number of anilines is 1. The Morgan fingerprint density at radius 3 is 2.64 bits per heavy atom. The van der Waals surface area contributed by atoms with E-state index < -0.39 is 0 Å². The van der Waals surface area contributed by atoms with Gasteiger partial charge in [-0.1, -0.05) is 11.3 Å². The molecule has 0 aliphatic heterocycles. The van der Waals surface area contributed by atoms with Crippen LogP contribution >= 0.6 is 11.3 Å². The van der Waals surface area contributed by atoms with Gasteiger partial charge in [-0.25, -0.2) is 0 Å². The molecule has 0 aliphatic rings. The average molecular weight is 215 g/mol. The maximum Gasteiger partial charge on any atom is 0.208 e. The fourth-order valence-corrected chi connectivity index (χ4v) is 1.85. The third-order valence-corrected chi connectivity index (χ3v) is 2.95. The van der Waals surface area contributed by atoms with E-state index in [1.807, 2.05) is 14.0 Å². The summed E-state index contributed by atoms with van der Waals surface area (Å²) in [6, 6.07) is 0. The molecule has 0 radical (unpaired) electrons. The molecule has 0 saturated carbocycles. The standard InChI is InChI=1S/C9H17N3OS/c1-8-10-11-9(14-8)12(2)6-4-3-5-7-13/h13H,3-7H2,1-2H3. The van der Waals surface area contributed by atoms with Gasteiger partial charge in [0.05, 0.1) is 0 Å². The van der Waals surface area contributed by atoms with Gasteiger partial charge in [-0.3, -0.25) is 0 Å². The fraction of sp³-hybridized carbons (Fsp3) is 0.778. The summed E-state index contributed by atoms with van der Waals surface area (Å²) in [4.78, 5) is 2.11. The summed E-state index contributed by atoms with van der Waals surface area (Å²) in [5.74, 6) is 0. The summed E-state index contributed by atoms with van der Waals surface area (Å²) >= 11 is 1.61. The molecule has 0 spiro atoms. The van der Waals surface area contributed by atoms with E-state index in [0.29, 0.717) is 6.61 Å². The molecule has 1 aromatic heterocycles. The number of hydrogen-bond acceptors (Lipinski definition) is 5. The van der Waals surface area contributed by atoms with Gasteiger partial charge in [0.2, 0.25) is 5.13 Å². The maximum atomic E-state index is 8.62. The Bertz CT molecular complexity index is 264. The molecule has 1 rings (SSSR count). The first kappa shape index (κ1) is 11.4. The predicted molar refractivity (Wildman–Crippen MR) is 58.9 cm³/mol. The van der Waals surface area contributed by atoms with Crippen molar-refractivity contribution in [3.63, 3.8) is 0 Å². The third-order valence-electron chi connectivity index (χ3n) is 1.99. The van der Waals surface area contributed by atoms with E-state index in [-0.39, 0.29) is 0 Å². The molecule has 0 unspecified atom stereocenters. The van der Waals surface area contributed by atoms with E-state index >= 15 is 0 Å². The maximum absolute atomic E-state index is 8.62. The van der Waals surface area contributed by atoms with E-state index in [9.17, 15) is 0 Å². The van der Waals surface area contributed by atoms with Crippen LogP contribution in [0.5, 0.6) is 0 Å². The zero-order valence-electron chi connectivity index (χ0n) is 8.73. The van der Waals surface area contributed by atoms with Crippen molar-refractivity contribution in [2.45, 2.75) is 26.2 Å². The minimum atomic E-state index is 0.293. The summed E-state index contributed by atoms with van der Waals surface area (Å²) in [6.07, 6.45) is 3.05. The normalized spacial score (nSPS) is 10.5. The molecule has 1 N–H and O–H groups in total. The fourth-order valence-electron chi connectivity index (χ4n) is 1.17. The van der Waals surface area contributed by atoms with Crippen molar-refractivity contribution in [1.29, 1.82) is 0 Å². The van der Waals surface area contributed by atoms with E-state index in [1.165, 1.54) is 0 Å². The van der Waals surface area contributed by atoms with Crippen LogP contribution in [0, 0.1) is 6.92 Å². The number of unbranched alkanes of at least 4 members (excludes halogenated alkanes) is 2. The lowest BCUT2D eigenvalue weighted by atomic mass is 10.2. The topological polar surface area (TPSA) is 49.2 Å². The highest BCUT2D eigenvalue weighted by molar-refractivity contribution is 7.15. The Kier molecular flexibility index (Phi) is 4.82. The number of aliphatic hydroxyl groups excluding tert-OH is 1. The molecule has 0 amide bonds. The summed E-state index contributed by atoms with van der Waals surface area (Å²) in [5, 5.41) is 18.6. The van der Waals surface area contributed by atoms with Crippen molar-refractivity contribution < 1.29 is 5.11 Å². The molecule has 0 bridgehead atoms. The Morgan fingerprint density at radius 2 is 2.07 bits per heavy atom. The van der Waals surface area contributed by atoms with Crippen LogP contribution in [-0.4, -0.2) is 35.5 Å². The van der Waals surface area contributed by atoms with Gasteiger partial charge in [0.1, 0.15) is 5.01 Å². The van der Waals surface area contributed by atoms with Crippen LogP contribution in [0.4, 0.5) is 5.13 Å². The average Bonchev–Trinajstić information content (AvgIpc) is 2.59. The molecule has 5 heteroatoms. The van der Waals surface area contributed by atoms with Crippen molar-refractivity contribution in [2.75, 3.05) is 25.1 Å². The molecule has 0 atom stereocenters. The second-order valence-corrected chi connectivity index (χ2v) is 4.47. The van der Waals surface area contributed by atoms with Gasteiger partial charge < -0.3 is 10.0 Å². The smallest absolute Gasteiger partial charge is 0.208 e. The number of nitrogens with zero attached hydrogens (tertiary/aromatic N) is 3. The summed E-state index contributed by atoms with van der Waals surface area (Å²) in [7, 11) is 2.03. The van der Waals surface area contributed by atoms with Crippen molar-refractivity contribution in [3.8, 4) is 0 Å². The Hall–Kier alpha value is -0.680. The number of rotatable bonds is 6. The highest BCUT2D eigenvalue weighted by Crippen LogP contribution is 2.18. The second kappa shape index (κ2) is 5.93. The van der Waals surface area contributed by atoms with E-state index in [0.717, 1.165) is 35.9 Å². The van der Waals surface area contributed by atoms with Crippen LogP contribution in [0.3, 0.4) is 0 Å². The quantitative estimate of drug-likeness (QED) is 0.730. The Labute approximate surface area is 88.6 Å². The van der Waals surface area contributed by atoms with Gasteiger partial charge in [0.15, 0.2) is 0 Å². The van der Waals surface area contributed by atoms with Crippen molar-refractivity contribution >= 4 is 16.5 Å². The largest absolute Gasteiger partial charge is 0.396 e. The van der Waals surface area contributed by atoms with Crippen LogP contribution in [0.2, 0.25) is 0 Å². The molecule has 4 nitrogen and oxygen atoms in total. The first-order valence-corrected chi connectivity index (χ1v) is 5.68. The van der Waals surface area contributed by atoms with Gasteiger partial charge in [-0.2, -0.15) is 0 Å². The molecule has 0 aromatic carbocycles. The van der Waals surface area contributed by atoms with Crippen molar-refractivity contribution in [2.24, 2.45) is 0 Å². The number of aromatic nitrogens is 2. The van der Waals surface area contributed by atoms with Gasteiger partial charge in [0, 0.05) is 20.2 Å². The lowest BCUT2D eigenvalue weighted by Gasteiger charge is -2.14. The van der Waals surface area contributed by atoms with Gasteiger partial charge >= 0.3 is 0 Å². The highest BCUT2D eigenvalue weighted by atomic mass is 32.1. The Balaban J connectivity index is 2.25. The van der Waals surface area contributed by atoms with Crippen LogP contribution < -0.4 is 4.90 Å². The van der Waals surface area contributed by atoms with E-state index in [1.54, 1.807) is 11.3 Å². The third kappa shape index (κ3) is 3.59. The van der Waals surface area contributed by atoms with Crippen LogP contribution in [0.1, 0.15) is 24.3 Å². The van der Waals surface area contributed by atoms with Crippen LogP contribution in [0.15, 0.2) is 0 Å². The van der Waals surface area contributed by atoms with Crippen molar-refractivity contribution in [1.82, 2.24) is 10.2 Å². The molecular formula is C9H17N3OS. The van der Waals surface area contributed by atoms with Crippen LogP contribution in [0.25, 0.3) is 0 Å². The van der Waals surface area contributed by atoms with Gasteiger partial charge in [0.25, 0.3) is 0 Å². The first-order valence-electron chi connectivity index (χ1n) is 4.86.